The zero-order valence-corrected chi connectivity index (χ0v) is 13.3. The Bertz CT molecular complexity index is 662. The van der Waals surface area contributed by atoms with E-state index < -0.39 is 28.0 Å². The molecule has 1 aliphatic rings. The summed E-state index contributed by atoms with van der Waals surface area (Å²) < 4.78 is 25.1. The molecule has 8 nitrogen and oxygen atoms in total. The topological polar surface area (TPSA) is 117 Å². The van der Waals surface area contributed by atoms with Crippen LogP contribution < -0.4 is 10.6 Å². The Morgan fingerprint density at radius 2 is 2.18 bits per heavy atom. The maximum absolute atomic E-state index is 12.0. The lowest BCUT2D eigenvalue weighted by Crippen LogP contribution is -2.33. The predicted molar refractivity (Wildman–Crippen MR) is 81.9 cm³/mol. The van der Waals surface area contributed by atoms with E-state index in [9.17, 15) is 18.3 Å². The molecule has 22 heavy (non-hydrogen) atoms. The molecule has 1 amide bonds. The largest absolute Gasteiger partial charge is 0.391 e. The number of carbonyl (C=O) groups is 1. The third-order valence-electron chi connectivity index (χ3n) is 3.74. The van der Waals surface area contributed by atoms with Crippen molar-refractivity contribution in [2.24, 2.45) is 11.7 Å². The van der Waals surface area contributed by atoms with Gasteiger partial charge >= 0.3 is 0 Å². The van der Waals surface area contributed by atoms with Crippen LogP contribution in [-0.4, -0.2) is 67.8 Å². The minimum atomic E-state index is -3.41. The van der Waals surface area contributed by atoms with Gasteiger partial charge in [0.1, 0.15) is 5.82 Å². The fourth-order valence-corrected chi connectivity index (χ4v) is 3.62. The minimum Gasteiger partial charge on any atom is -0.391 e. The minimum absolute atomic E-state index is 0.156. The van der Waals surface area contributed by atoms with E-state index >= 15 is 0 Å². The second kappa shape index (κ2) is 6.19. The van der Waals surface area contributed by atoms with Gasteiger partial charge in [0.15, 0.2) is 0 Å². The van der Waals surface area contributed by atoms with Crippen molar-refractivity contribution in [3.63, 3.8) is 0 Å². The highest BCUT2D eigenvalue weighted by Gasteiger charge is 2.36. The zero-order chi connectivity index (χ0) is 16.5. The first-order valence-electron chi connectivity index (χ1n) is 6.80. The number of nitrogens with zero attached hydrogens (tertiary/aromatic N) is 3. The van der Waals surface area contributed by atoms with Crippen molar-refractivity contribution in [3.8, 4) is 0 Å². The lowest BCUT2D eigenvalue weighted by atomic mass is 10.1. The summed E-state index contributed by atoms with van der Waals surface area (Å²) in [7, 11) is -0.499. The lowest BCUT2D eigenvalue weighted by molar-refractivity contribution is 0.100. The molecule has 0 spiro atoms. The van der Waals surface area contributed by atoms with Crippen molar-refractivity contribution < 1.29 is 18.3 Å². The molecule has 0 unspecified atom stereocenters. The molecule has 0 bridgehead atoms. The maximum Gasteiger partial charge on any atom is 0.252 e. The number of aromatic nitrogens is 1. The van der Waals surface area contributed by atoms with E-state index in [0.29, 0.717) is 12.4 Å². The van der Waals surface area contributed by atoms with Crippen LogP contribution in [0.5, 0.6) is 0 Å². The smallest absolute Gasteiger partial charge is 0.252 e. The quantitative estimate of drug-likeness (QED) is 0.706. The van der Waals surface area contributed by atoms with Crippen LogP contribution in [-0.2, 0) is 10.0 Å². The molecular weight excluding hydrogens is 308 g/mol. The number of aliphatic hydroxyl groups excluding tert-OH is 1. The van der Waals surface area contributed by atoms with Crippen LogP contribution in [0, 0.1) is 5.92 Å². The van der Waals surface area contributed by atoms with Gasteiger partial charge in [-0.1, -0.05) is 0 Å². The monoisotopic (exact) mass is 328 g/mol. The van der Waals surface area contributed by atoms with Crippen molar-refractivity contribution in [3.05, 3.63) is 23.9 Å². The van der Waals surface area contributed by atoms with Gasteiger partial charge in [-0.25, -0.2) is 17.7 Å². The number of primary amides is 1. The Hall–Kier alpha value is -1.71. The van der Waals surface area contributed by atoms with E-state index in [1.54, 1.807) is 17.0 Å². The molecule has 9 heteroatoms. The molecule has 1 saturated heterocycles. The summed E-state index contributed by atoms with van der Waals surface area (Å²) in [5, 5.41) is 10.1. The number of hydrogen-bond donors (Lipinski definition) is 2. The summed E-state index contributed by atoms with van der Waals surface area (Å²) in [4.78, 5) is 17.3. The fraction of sp³-hybridized carbons (Fsp3) is 0.538. The third kappa shape index (κ3) is 3.37. The molecule has 1 aromatic rings. The molecule has 1 fully saturated rings. The van der Waals surface area contributed by atoms with E-state index in [0.717, 1.165) is 4.31 Å². The summed E-state index contributed by atoms with van der Waals surface area (Å²) in [5.74, 6) is -0.841. The van der Waals surface area contributed by atoms with Crippen LogP contribution >= 0.6 is 0 Å². The van der Waals surface area contributed by atoms with Crippen molar-refractivity contribution in [1.82, 2.24) is 9.29 Å². The van der Waals surface area contributed by atoms with Gasteiger partial charge in [-0.05, 0) is 12.1 Å². The Labute approximate surface area is 129 Å². The molecule has 0 aromatic carbocycles. The Morgan fingerprint density at radius 1 is 1.50 bits per heavy atom. The fourth-order valence-electron chi connectivity index (χ4n) is 2.45. The third-order valence-corrected chi connectivity index (χ3v) is 5.70. The van der Waals surface area contributed by atoms with Crippen molar-refractivity contribution in [2.75, 3.05) is 37.8 Å². The zero-order valence-electron chi connectivity index (χ0n) is 12.5. The Balaban J connectivity index is 2.20. The van der Waals surface area contributed by atoms with Gasteiger partial charge in [-0.3, -0.25) is 4.79 Å². The van der Waals surface area contributed by atoms with Crippen molar-refractivity contribution >= 4 is 21.7 Å². The lowest BCUT2D eigenvalue weighted by Gasteiger charge is -2.19. The van der Waals surface area contributed by atoms with Crippen LogP contribution in [0.25, 0.3) is 0 Å². The summed E-state index contributed by atoms with van der Waals surface area (Å²) in [6.45, 7) is 0.510. The number of aliphatic hydroxyl groups is 1. The Kier molecular flexibility index (Phi) is 4.69. The van der Waals surface area contributed by atoms with Crippen LogP contribution in [0.3, 0.4) is 0 Å². The number of nitrogens with two attached hydrogens (primary N) is 1. The van der Waals surface area contributed by atoms with Gasteiger partial charge in [0.05, 0.1) is 17.4 Å². The van der Waals surface area contributed by atoms with Crippen LogP contribution in [0.4, 0.5) is 5.82 Å². The first-order valence-corrected chi connectivity index (χ1v) is 8.41. The first kappa shape index (κ1) is 16.7. The van der Waals surface area contributed by atoms with E-state index in [1.165, 1.54) is 20.3 Å². The van der Waals surface area contributed by atoms with E-state index in [1.807, 2.05) is 0 Å². The number of pyridine rings is 1. The molecule has 2 rings (SSSR count). The molecule has 1 aromatic heterocycles. The Morgan fingerprint density at radius 3 is 2.77 bits per heavy atom. The number of carbonyl (C=O) groups excluding carboxylic acids is 1. The van der Waals surface area contributed by atoms with Crippen LogP contribution in [0.2, 0.25) is 0 Å². The van der Waals surface area contributed by atoms with Crippen LogP contribution in [0.1, 0.15) is 10.4 Å². The summed E-state index contributed by atoms with van der Waals surface area (Å²) in [6.07, 6.45) is 0.718. The van der Waals surface area contributed by atoms with Crippen molar-refractivity contribution in [1.29, 1.82) is 0 Å². The highest BCUT2D eigenvalue weighted by Crippen LogP contribution is 2.26. The highest BCUT2D eigenvalue weighted by atomic mass is 32.2. The normalized spacial score (nSPS) is 22.3. The summed E-state index contributed by atoms with van der Waals surface area (Å²) in [6, 6.07) is 3.16. The molecule has 0 saturated carbocycles. The average molecular weight is 328 g/mol. The second-order valence-electron chi connectivity index (χ2n) is 5.53. The number of sulfonamides is 1. The van der Waals surface area contributed by atoms with Gasteiger partial charge in [-0.2, -0.15) is 0 Å². The van der Waals surface area contributed by atoms with Gasteiger partial charge in [0.25, 0.3) is 5.91 Å². The maximum atomic E-state index is 12.0. The van der Waals surface area contributed by atoms with E-state index in [-0.39, 0.29) is 17.9 Å². The molecule has 0 aliphatic carbocycles. The van der Waals surface area contributed by atoms with Gasteiger partial charge in [-0.15, -0.1) is 0 Å². The predicted octanol–water partition coefficient (Wildman–Crippen LogP) is -1.13. The standard InChI is InChI=1S/C13H20N4O4S/c1-16(2)22(20,21)8-9-6-17(7-11(9)18)13-10(12(14)19)4-3-5-15-13/h3-5,9,11,18H,6-8H2,1-2H3,(H2,14,19)/t9-,11+/m0/s1. The summed E-state index contributed by atoms with van der Waals surface area (Å²) in [5.41, 5.74) is 5.58. The number of hydrogen-bond acceptors (Lipinski definition) is 6. The average Bonchev–Trinajstić information content (AvgIpc) is 2.79. The number of anilines is 1. The van der Waals surface area contributed by atoms with Crippen LogP contribution in [0.15, 0.2) is 18.3 Å². The molecule has 1 aliphatic heterocycles. The molecular formula is C13H20N4O4S. The van der Waals surface area contributed by atoms with E-state index in [2.05, 4.69) is 4.98 Å². The summed E-state index contributed by atoms with van der Waals surface area (Å²) >= 11 is 0. The molecule has 2 heterocycles. The molecule has 2 atom stereocenters. The van der Waals surface area contributed by atoms with Gasteiger partial charge in [0.2, 0.25) is 10.0 Å². The molecule has 0 radical (unpaired) electrons. The van der Waals surface area contributed by atoms with E-state index in [4.69, 9.17) is 5.73 Å². The SMILES string of the molecule is CN(C)S(=O)(=O)C[C@@H]1CN(c2ncccc2C(N)=O)C[C@H]1O. The van der Waals surface area contributed by atoms with Crippen molar-refractivity contribution in [2.45, 2.75) is 6.10 Å². The highest BCUT2D eigenvalue weighted by molar-refractivity contribution is 7.89. The van der Waals surface area contributed by atoms with Gasteiger partial charge < -0.3 is 15.7 Å². The number of amides is 1. The van der Waals surface area contributed by atoms with Gasteiger partial charge in [0, 0.05) is 39.3 Å². The second-order valence-corrected chi connectivity index (χ2v) is 7.76. The number of β-amino-alcohol motifs (C(OH)–C–C–N with tert-alkyl or cyclic N) is 1. The molecule has 122 valence electrons. The first-order chi connectivity index (χ1) is 10.2. The number of rotatable bonds is 5. The molecule has 3 N–H and O–H groups in total.